The van der Waals surface area contributed by atoms with Gasteiger partial charge in [-0.1, -0.05) is 18.2 Å². The Kier molecular flexibility index (Phi) is 4.51. The van der Waals surface area contributed by atoms with Crippen molar-refractivity contribution in [1.82, 2.24) is 15.2 Å². The summed E-state index contributed by atoms with van der Waals surface area (Å²) in [6, 6.07) is 12.3. The van der Waals surface area contributed by atoms with Crippen molar-refractivity contribution in [2.24, 2.45) is 0 Å². The maximum atomic E-state index is 12.4. The summed E-state index contributed by atoms with van der Waals surface area (Å²) in [5, 5.41) is 7.56. The quantitative estimate of drug-likeness (QED) is 0.663. The van der Waals surface area contributed by atoms with Gasteiger partial charge in [0.25, 0.3) is 5.89 Å². The molecule has 1 aromatic carbocycles. The van der Waals surface area contributed by atoms with E-state index in [2.05, 4.69) is 15.2 Å². The number of carbonyl (C=O) groups excluding carboxylic acids is 1. The van der Waals surface area contributed by atoms with E-state index in [1.54, 1.807) is 44.3 Å². The lowest BCUT2D eigenvalue weighted by molar-refractivity contribution is 0.0273. The van der Waals surface area contributed by atoms with Crippen molar-refractivity contribution in [2.75, 3.05) is 0 Å². The van der Waals surface area contributed by atoms with Crippen LogP contribution in [-0.4, -0.2) is 21.2 Å². The number of aromatic nitrogens is 3. The first-order valence-corrected chi connectivity index (χ1v) is 7.32. The van der Waals surface area contributed by atoms with E-state index in [1.807, 2.05) is 18.2 Å². The van der Waals surface area contributed by atoms with Gasteiger partial charge in [-0.05, 0) is 31.2 Å². The summed E-state index contributed by atoms with van der Waals surface area (Å²) < 4.78 is 16.3. The van der Waals surface area contributed by atoms with Crippen molar-refractivity contribution < 1.29 is 18.7 Å². The number of benzene rings is 1. The van der Waals surface area contributed by atoms with Gasteiger partial charge in [0.1, 0.15) is 11.3 Å². The van der Waals surface area contributed by atoms with Crippen LogP contribution < -0.4 is 4.74 Å². The van der Waals surface area contributed by atoms with E-state index in [-0.39, 0.29) is 17.3 Å². The molecule has 0 aliphatic carbocycles. The smallest absolute Gasteiger partial charge is 0.344 e. The molecule has 0 unspecified atom stereocenters. The largest absolute Gasteiger partial charge is 0.449 e. The van der Waals surface area contributed by atoms with Crippen molar-refractivity contribution in [3.8, 4) is 11.6 Å². The van der Waals surface area contributed by atoms with Crippen LogP contribution in [0.4, 0.5) is 0 Å². The third kappa shape index (κ3) is 3.57. The summed E-state index contributed by atoms with van der Waals surface area (Å²) >= 11 is 0. The number of ether oxygens (including phenoxy) is 2. The molecule has 0 aliphatic heterocycles. The van der Waals surface area contributed by atoms with Crippen LogP contribution in [0.25, 0.3) is 0 Å². The van der Waals surface area contributed by atoms with E-state index < -0.39 is 12.1 Å². The van der Waals surface area contributed by atoms with Crippen LogP contribution in [0.2, 0.25) is 0 Å². The minimum atomic E-state index is -0.677. The van der Waals surface area contributed by atoms with Crippen molar-refractivity contribution >= 4 is 5.97 Å². The molecule has 0 spiro atoms. The molecule has 7 heteroatoms. The first-order chi connectivity index (χ1) is 11.6. The lowest BCUT2D eigenvalue weighted by Gasteiger charge is -2.12. The number of hydrogen-bond donors (Lipinski definition) is 0. The van der Waals surface area contributed by atoms with Crippen LogP contribution in [0.1, 0.15) is 35.2 Å². The molecule has 3 aromatic rings. The lowest BCUT2D eigenvalue weighted by Crippen LogP contribution is -2.11. The van der Waals surface area contributed by atoms with Crippen molar-refractivity contribution in [2.45, 2.75) is 20.0 Å². The number of hydrogen-bond acceptors (Lipinski definition) is 7. The van der Waals surface area contributed by atoms with Crippen LogP contribution in [0, 0.1) is 6.92 Å². The monoisotopic (exact) mass is 325 g/mol. The Hall–Kier alpha value is -3.22. The van der Waals surface area contributed by atoms with Gasteiger partial charge in [0, 0.05) is 13.1 Å². The highest BCUT2D eigenvalue weighted by Crippen LogP contribution is 2.25. The summed E-state index contributed by atoms with van der Waals surface area (Å²) in [7, 11) is 0. The fraction of sp³-hybridized carbons (Fsp3) is 0.176. The third-order valence-electron chi connectivity index (χ3n) is 3.12. The fourth-order valence-electron chi connectivity index (χ4n) is 1.98. The van der Waals surface area contributed by atoms with Crippen molar-refractivity contribution in [1.29, 1.82) is 0 Å². The van der Waals surface area contributed by atoms with E-state index >= 15 is 0 Å². The Morgan fingerprint density at radius 1 is 1.12 bits per heavy atom. The van der Waals surface area contributed by atoms with Gasteiger partial charge in [-0.15, -0.1) is 10.2 Å². The van der Waals surface area contributed by atoms with E-state index in [0.29, 0.717) is 11.6 Å². The topological polar surface area (TPSA) is 87.3 Å². The second-order valence-corrected chi connectivity index (χ2v) is 4.98. The highest BCUT2D eigenvalue weighted by atomic mass is 16.6. The molecule has 0 bridgehead atoms. The molecule has 2 aromatic heterocycles. The molecule has 24 heavy (non-hydrogen) atoms. The maximum absolute atomic E-state index is 12.4. The summed E-state index contributed by atoms with van der Waals surface area (Å²) in [5.74, 6) is 0.795. The van der Waals surface area contributed by atoms with Crippen LogP contribution >= 0.6 is 0 Å². The van der Waals surface area contributed by atoms with E-state index in [0.717, 1.165) is 0 Å². The SMILES string of the molecule is Cc1nnc([C@H](C)OC(=O)c2cccnc2Oc2ccccc2)o1. The number of esters is 1. The van der Waals surface area contributed by atoms with Crippen LogP contribution in [0.5, 0.6) is 11.6 Å². The molecule has 0 amide bonds. The van der Waals surface area contributed by atoms with Crippen LogP contribution in [0.3, 0.4) is 0 Å². The summed E-state index contributed by atoms with van der Waals surface area (Å²) in [5.41, 5.74) is 0.212. The molecule has 0 saturated heterocycles. The highest BCUT2D eigenvalue weighted by molar-refractivity contribution is 5.92. The zero-order valence-corrected chi connectivity index (χ0v) is 13.2. The molecule has 0 fully saturated rings. The molecule has 7 nitrogen and oxygen atoms in total. The number of pyridine rings is 1. The van der Waals surface area contributed by atoms with Gasteiger partial charge in [-0.3, -0.25) is 0 Å². The molecule has 3 rings (SSSR count). The predicted molar refractivity (Wildman–Crippen MR) is 83.6 cm³/mol. The minimum absolute atomic E-state index is 0.169. The van der Waals surface area contributed by atoms with Gasteiger partial charge in [-0.2, -0.15) is 0 Å². The molecule has 122 valence electrons. The molecule has 0 saturated carbocycles. The molecular weight excluding hydrogens is 310 g/mol. The van der Waals surface area contributed by atoms with Crippen molar-refractivity contribution in [3.05, 3.63) is 66.0 Å². The fourth-order valence-corrected chi connectivity index (χ4v) is 1.98. The Bertz CT molecular complexity index is 833. The van der Waals surface area contributed by atoms with Crippen LogP contribution in [-0.2, 0) is 4.74 Å². The average Bonchev–Trinajstić information content (AvgIpc) is 3.03. The zero-order chi connectivity index (χ0) is 16.9. The summed E-state index contributed by atoms with van der Waals surface area (Å²) in [6.45, 7) is 3.32. The number of carbonyl (C=O) groups is 1. The normalized spacial score (nSPS) is 11.8. The van der Waals surface area contributed by atoms with E-state index in [9.17, 15) is 4.79 Å². The molecular formula is C17H15N3O4. The second-order valence-electron chi connectivity index (χ2n) is 4.98. The molecule has 0 N–H and O–H groups in total. The zero-order valence-electron chi connectivity index (χ0n) is 13.2. The number of nitrogens with zero attached hydrogens (tertiary/aromatic N) is 3. The standard InChI is InChI=1S/C17H15N3O4/c1-11(15-20-19-12(2)23-15)22-17(21)14-9-6-10-18-16(14)24-13-7-4-3-5-8-13/h3-11H,1-2H3/t11-/m0/s1. The first-order valence-electron chi connectivity index (χ1n) is 7.32. The first kappa shape index (κ1) is 15.7. The van der Waals surface area contributed by atoms with Gasteiger partial charge in [-0.25, -0.2) is 9.78 Å². The van der Waals surface area contributed by atoms with Gasteiger partial charge in [0.2, 0.25) is 11.8 Å². The molecule has 0 radical (unpaired) electrons. The third-order valence-corrected chi connectivity index (χ3v) is 3.12. The Balaban J connectivity index is 1.77. The maximum Gasteiger partial charge on any atom is 0.344 e. The Labute approximate surface area is 138 Å². The summed E-state index contributed by atoms with van der Waals surface area (Å²) in [4.78, 5) is 16.5. The molecule has 0 aliphatic rings. The predicted octanol–water partition coefficient (Wildman–Crippen LogP) is 3.48. The van der Waals surface area contributed by atoms with Gasteiger partial charge in [0.05, 0.1) is 0 Å². The van der Waals surface area contributed by atoms with Crippen molar-refractivity contribution in [3.63, 3.8) is 0 Å². The summed E-state index contributed by atoms with van der Waals surface area (Å²) in [6.07, 6.45) is 0.864. The van der Waals surface area contributed by atoms with E-state index in [1.165, 1.54) is 0 Å². The average molecular weight is 325 g/mol. The molecule has 1 atom stereocenters. The number of rotatable bonds is 5. The number of aryl methyl sites for hydroxylation is 1. The number of para-hydroxylation sites is 1. The molecule has 2 heterocycles. The van der Waals surface area contributed by atoms with Crippen LogP contribution in [0.15, 0.2) is 53.1 Å². The Morgan fingerprint density at radius 3 is 2.62 bits per heavy atom. The van der Waals surface area contributed by atoms with E-state index in [4.69, 9.17) is 13.9 Å². The Morgan fingerprint density at radius 2 is 1.92 bits per heavy atom. The second kappa shape index (κ2) is 6.91. The highest BCUT2D eigenvalue weighted by Gasteiger charge is 2.22. The van der Waals surface area contributed by atoms with Gasteiger partial charge in [0.15, 0.2) is 6.10 Å². The van der Waals surface area contributed by atoms with Gasteiger partial charge >= 0.3 is 5.97 Å². The lowest BCUT2D eigenvalue weighted by atomic mass is 10.2. The minimum Gasteiger partial charge on any atom is -0.449 e. The van der Waals surface area contributed by atoms with Gasteiger partial charge < -0.3 is 13.9 Å².